The molecule has 2 aromatic heterocycles. The Hall–Kier alpha value is -3.42. The van der Waals surface area contributed by atoms with Crippen molar-refractivity contribution in [2.75, 3.05) is 32.0 Å². The minimum absolute atomic E-state index is 0.103. The lowest BCUT2D eigenvalue weighted by molar-refractivity contribution is -0.132. The Morgan fingerprint density at radius 3 is 2.82 bits per heavy atom. The van der Waals surface area contributed by atoms with Crippen molar-refractivity contribution in [1.82, 2.24) is 24.8 Å². The van der Waals surface area contributed by atoms with Gasteiger partial charge >= 0.3 is 0 Å². The fourth-order valence-corrected chi connectivity index (χ4v) is 5.03. The number of amides is 2. The molecule has 2 N–H and O–H groups in total. The molecule has 2 aliphatic heterocycles. The molecule has 1 atom stereocenters. The van der Waals surface area contributed by atoms with Gasteiger partial charge in [0, 0.05) is 75.0 Å². The van der Waals surface area contributed by atoms with Gasteiger partial charge in [0.1, 0.15) is 11.6 Å². The van der Waals surface area contributed by atoms with Gasteiger partial charge in [-0.05, 0) is 24.5 Å². The molecular formula is C25H30N6O2. The number of anilines is 1. The highest BCUT2D eigenvalue weighted by atomic mass is 16.2. The number of aromatic nitrogens is 3. The fourth-order valence-electron chi connectivity index (χ4n) is 5.03. The summed E-state index contributed by atoms with van der Waals surface area (Å²) in [6.45, 7) is 4.25. The zero-order chi connectivity index (χ0) is 22.9. The Bertz CT molecular complexity index is 1190. The van der Waals surface area contributed by atoms with Crippen LogP contribution in [-0.4, -0.2) is 63.2 Å². The van der Waals surface area contributed by atoms with Crippen molar-refractivity contribution >= 4 is 28.5 Å². The Morgan fingerprint density at radius 2 is 2.03 bits per heavy atom. The topological polar surface area (TPSA) is 94.2 Å². The van der Waals surface area contributed by atoms with Crippen molar-refractivity contribution in [2.24, 2.45) is 0 Å². The van der Waals surface area contributed by atoms with Crippen molar-refractivity contribution in [3.63, 3.8) is 0 Å². The number of para-hydroxylation sites is 1. The first-order valence-electron chi connectivity index (χ1n) is 11.7. The molecule has 1 saturated heterocycles. The number of rotatable bonds is 5. The van der Waals surface area contributed by atoms with Gasteiger partial charge in [-0.1, -0.05) is 18.2 Å². The summed E-state index contributed by atoms with van der Waals surface area (Å²) < 4.78 is 0. The Labute approximate surface area is 193 Å². The minimum atomic E-state index is 0.103. The first kappa shape index (κ1) is 21.4. The number of nitrogens with one attached hydrogen (secondary N) is 2. The largest absolute Gasteiger partial charge is 0.373 e. The number of fused-ring (bicyclic) bond motifs is 2. The number of nitrogens with zero attached hydrogens (tertiary/aromatic N) is 4. The molecule has 0 saturated carbocycles. The van der Waals surface area contributed by atoms with Crippen LogP contribution >= 0.6 is 0 Å². The molecule has 3 aromatic rings. The van der Waals surface area contributed by atoms with Gasteiger partial charge in [0.05, 0.1) is 12.2 Å². The number of aryl methyl sites for hydroxylation is 1. The van der Waals surface area contributed by atoms with Crippen LogP contribution in [-0.2, 0) is 29.0 Å². The van der Waals surface area contributed by atoms with Crippen LogP contribution in [0, 0.1) is 0 Å². The molecule has 0 bridgehead atoms. The van der Waals surface area contributed by atoms with E-state index in [1.165, 1.54) is 10.9 Å². The average Bonchev–Trinajstić information content (AvgIpc) is 3.49. The van der Waals surface area contributed by atoms with Crippen LogP contribution in [0.3, 0.4) is 0 Å². The van der Waals surface area contributed by atoms with Crippen molar-refractivity contribution in [1.29, 1.82) is 0 Å². The van der Waals surface area contributed by atoms with Gasteiger partial charge in [0.2, 0.25) is 11.8 Å². The Morgan fingerprint density at radius 1 is 1.18 bits per heavy atom. The van der Waals surface area contributed by atoms with Crippen molar-refractivity contribution in [3.05, 3.63) is 53.1 Å². The number of hydrogen-bond acceptors (Lipinski definition) is 5. The van der Waals surface area contributed by atoms with Gasteiger partial charge in [-0.15, -0.1) is 0 Å². The molecule has 172 valence electrons. The van der Waals surface area contributed by atoms with E-state index in [1.54, 1.807) is 6.92 Å². The van der Waals surface area contributed by atoms with E-state index in [1.807, 2.05) is 35.2 Å². The normalized spacial score (nSPS) is 17.9. The number of aromatic amines is 1. The smallest absolute Gasteiger partial charge is 0.223 e. The third-order valence-corrected chi connectivity index (χ3v) is 6.95. The highest BCUT2D eigenvalue weighted by Crippen LogP contribution is 2.30. The number of likely N-dealkylation sites (tertiary alicyclic amines) is 1. The molecule has 0 spiro atoms. The van der Waals surface area contributed by atoms with E-state index < -0.39 is 0 Å². The molecule has 2 aliphatic rings. The van der Waals surface area contributed by atoms with Crippen LogP contribution in [0.5, 0.6) is 0 Å². The summed E-state index contributed by atoms with van der Waals surface area (Å²) in [5.41, 5.74) is 4.31. The molecule has 8 nitrogen and oxygen atoms in total. The molecule has 0 aliphatic carbocycles. The number of hydrogen-bond donors (Lipinski definition) is 2. The quantitative estimate of drug-likeness (QED) is 0.629. The third-order valence-electron chi connectivity index (χ3n) is 6.95. The average molecular weight is 447 g/mol. The predicted molar refractivity (Wildman–Crippen MR) is 127 cm³/mol. The van der Waals surface area contributed by atoms with Crippen molar-refractivity contribution in [2.45, 2.75) is 45.1 Å². The highest BCUT2D eigenvalue weighted by Gasteiger charge is 2.31. The van der Waals surface area contributed by atoms with Crippen LogP contribution in [0.4, 0.5) is 5.82 Å². The maximum atomic E-state index is 13.0. The van der Waals surface area contributed by atoms with Gasteiger partial charge in [-0.2, -0.15) is 0 Å². The third kappa shape index (κ3) is 4.17. The summed E-state index contributed by atoms with van der Waals surface area (Å²) in [5.74, 6) is 2.03. The van der Waals surface area contributed by atoms with E-state index in [0.29, 0.717) is 26.1 Å². The lowest BCUT2D eigenvalue weighted by Crippen LogP contribution is -2.37. The number of carbonyl (C=O) groups is 2. The van der Waals surface area contributed by atoms with Gasteiger partial charge in [0.25, 0.3) is 0 Å². The molecular weight excluding hydrogens is 416 g/mol. The second-order valence-electron chi connectivity index (χ2n) is 8.98. The zero-order valence-electron chi connectivity index (χ0n) is 19.2. The molecule has 1 aromatic carbocycles. The first-order valence-corrected chi connectivity index (χ1v) is 11.7. The highest BCUT2D eigenvalue weighted by molar-refractivity contribution is 5.84. The maximum absolute atomic E-state index is 13.0. The minimum Gasteiger partial charge on any atom is -0.373 e. The van der Waals surface area contributed by atoms with Crippen LogP contribution in [0.25, 0.3) is 10.9 Å². The van der Waals surface area contributed by atoms with Crippen LogP contribution < -0.4 is 5.32 Å². The number of benzene rings is 1. The molecule has 33 heavy (non-hydrogen) atoms. The second kappa shape index (κ2) is 8.84. The van der Waals surface area contributed by atoms with E-state index in [9.17, 15) is 9.59 Å². The molecule has 1 fully saturated rings. The SMILES string of the molecule is CNc1nc([C@@H]2CCN(C(C)=O)C2)nc2c1CN(C(=O)CCc1c[nH]c3ccccc13)CC2. The zero-order valence-corrected chi connectivity index (χ0v) is 19.2. The van der Waals surface area contributed by atoms with E-state index in [2.05, 4.69) is 22.4 Å². The van der Waals surface area contributed by atoms with Crippen LogP contribution in [0.1, 0.15) is 48.3 Å². The molecule has 0 unspecified atom stereocenters. The van der Waals surface area contributed by atoms with E-state index >= 15 is 0 Å². The fraction of sp³-hybridized carbons (Fsp3) is 0.440. The van der Waals surface area contributed by atoms with Crippen molar-refractivity contribution < 1.29 is 9.59 Å². The summed E-state index contributed by atoms with van der Waals surface area (Å²) in [4.78, 5) is 41.5. The Balaban J connectivity index is 1.28. The van der Waals surface area contributed by atoms with E-state index in [4.69, 9.17) is 9.97 Å². The van der Waals surface area contributed by atoms with Crippen LogP contribution in [0.15, 0.2) is 30.5 Å². The molecule has 5 rings (SSSR count). The van der Waals surface area contributed by atoms with Gasteiger partial charge in [-0.25, -0.2) is 9.97 Å². The van der Waals surface area contributed by atoms with Crippen LogP contribution in [0.2, 0.25) is 0 Å². The summed E-state index contributed by atoms with van der Waals surface area (Å²) in [7, 11) is 1.86. The molecule has 4 heterocycles. The molecule has 0 radical (unpaired) electrons. The summed E-state index contributed by atoms with van der Waals surface area (Å²) in [5, 5.41) is 4.40. The second-order valence-corrected chi connectivity index (χ2v) is 8.98. The molecule has 8 heteroatoms. The summed E-state index contributed by atoms with van der Waals surface area (Å²) >= 11 is 0. The number of carbonyl (C=O) groups excluding carboxylic acids is 2. The number of H-pyrrole nitrogens is 1. The monoisotopic (exact) mass is 446 g/mol. The lowest BCUT2D eigenvalue weighted by atomic mass is 10.0. The maximum Gasteiger partial charge on any atom is 0.223 e. The van der Waals surface area contributed by atoms with Gasteiger partial charge in [-0.3, -0.25) is 9.59 Å². The Kier molecular flexibility index (Phi) is 5.74. The first-order chi connectivity index (χ1) is 16.0. The van der Waals surface area contributed by atoms with Gasteiger partial charge in [0.15, 0.2) is 0 Å². The lowest BCUT2D eigenvalue weighted by Gasteiger charge is -2.30. The van der Waals surface area contributed by atoms with E-state index in [0.717, 1.165) is 54.2 Å². The molecule has 2 amide bonds. The predicted octanol–water partition coefficient (Wildman–Crippen LogP) is 2.85. The summed E-state index contributed by atoms with van der Waals surface area (Å²) in [6.07, 6.45) is 4.82. The van der Waals surface area contributed by atoms with E-state index in [-0.39, 0.29) is 17.7 Å². The van der Waals surface area contributed by atoms with Crippen molar-refractivity contribution in [3.8, 4) is 0 Å². The summed E-state index contributed by atoms with van der Waals surface area (Å²) in [6, 6.07) is 8.19. The standard InChI is InChI=1S/C25H30N6O2/c1-16(32)30-11-9-18(14-30)24-28-22-10-12-31(15-20(22)25(26-2)29-24)23(33)8-7-17-13-27-21-6-4-3-5-19(17)21/h3-6,13,18,27H,7-12,14-15H2,1-2H3,(H,26,28,29)/t18-/m1/s1. The van der Waals surface area contributed by atoms with Gasteiger partial charge < -0.3 is 20.1 Å².